The van der Waals surface area contributed by atoms with E-state index >= 15 is 0 Å². The van der Waals surface area contributed by atoms with Gasteiger partial charge in [0.15, 0.2) is 5.75 Å². The highest BCUT2D eigenvalue weighted by atomic mass is 35.5. The second-order valence-corrected chi connectivity index (χ2v) is 3.01. The molecule has 0 aliphatic rings. The fourth-order valence-corrected chi connectivity index (χ4v) is 1.44. The average molecular weight is 202 g/mol. The van der Waals surface area contributed by atoms with Crippen molar-refractivity contribution in [2.24, 2.45) is 0 Å². The Balaban J connectivity index is 2.73. The summed E-state index contributed by atoms with van der Waals surface area (Å²) in [4.78, 5) is 2.99. The fourth-order valence-electron chi connectivity index (χ4n) is 1.14. The molecule has 1 N–H and O–H groups in total. The van der Waals surface area contributed by atoms with Crippen molar-refractivity contribution in [3.8, 4) is 5.75 Å². The van der Waals surface area contributed by atoms with Gasteiger partial charge >= 0.3 is 0 Å². The highest BCUT2D eigenvalue weighted by Crippen LogP contribution is 2.27. The summed E-state index contributed by atoms with van der Waals surface area (Å²) >= 11 is 11.0. The third-order valence-electron chi connectivity index (χ3n) is 1.69. The molecule has 0 saturated heterocycles. The van der Waals surface area contributed by atoms with E-state index in [4.69, 9.17) is 23.5 Å². The summed E-state index contributed by atoms with van der Waals surface area (Å²) in [6, 6.07) is 5.46. The van der Waals surface area contributed by atoms with Crippen LogP contribution in [0.3, 0.4) is 0 Å². The molecule has 0 fully saturated rings. The Kier molecular flexibility index (Phi) is 1.87. The second-order valence-electron chi connectivity index (χ2n) is 2.42. The van der Waals surface area contributed by atoms with Crippen LogP contribution in [0.4, 0.5) is 0 Å². The molecule has 0 amide bonds. The first kappa shape index (κ1) is 7.77. The summed E-state index contributed by atoms with van der Waals surface area (Å²) in [5.41, 5.74) is 0.915. The Morgan fingerprint density at radius 2 is 2.17 bits per heavy atom. The highest BCUT2D eigenvalue weighted by Gasteiger charge is 2.03. The van der Waals surface area contributed by atoms with Gasteiger partial charge < -0.3 is 9.27 Å². The highest BCUT2D eigenvalue weighted by molar-refractivity contribution is 6.31. The lowest BCUT2D eigenvalue weighted by Gasteiger charge is -1.92. The van der Waals surface area contributed by atoms with Gasteiger partial charge in [-0.1, -0.05) is 11.6 Å². The molecule has 0 bridgehead atoms. The lowest BCUT2D eigenvalue weighted by Crippen LogP contribution is -1.70. The van der Waals surface area contributed by atoms with Crippen molar-refractivity contribution >= 4 is 34.4 Å². The Morgan fingerprint density at radius 1 is 1.33 bits per heavy atom. The number of fused-ring (bicyclic) bond motifs is 1. The van der Waals surface area contributed by atoms with Gasteiger partial charge in [-0.15, -0.1) is 0 Å². The molecule has 62 valence electrons. The number of aromatic amines is 1. The maximum absolute atomic E-state index is 5.78. The number of rotatable bonds is 1. The van der Waals surface area contributed by atoms with Crippen molar-refractivity contribution in [2.75, 3.05) is 0 Å². The van der Waals surface area contributed by atoms with E-state index in [9.17, 15) is 0 Å². The molecule has 2 aromatic rings. The van der Waals surface area contributed by atoms with Gasteiger partial charge in [0.2, 0.25) is 0 Å². The molecule has 2 rings (SSSR count). The predicted molar refractivity (Wildman–Crippen MR) is 49.8 cm³/mol. The summed E-state index contributed by atoms with van der Waals surface area (Å²) in [5, 5.41) is 1.61. The molecule has 0 spiro atoms. The molecule has 4 heteroatoms. The van der Waals surface area contributed by atoms with Crippen molar-refractivity contribution in [2.45, 2.75) is 0 Å². The molecular formula is C8H5Cl2NO. The zero-order valence-electron chi connectivity index (χ0n) is 5.97. The summed E-state index contributed by atoms with van der Waals surface area (Å²) in [7, 11) is 0. The molecule has 0 aliphatic carbocycles. The molecule has 1 aromatic heterocycles. The largest absolute Gasteiger partial charge is 0.383 e. The number of hydrogen-bond donors (Lipinski definition) is 1. The normalized spacial score (nSPS) is 10.5. The lowest BCUT2D eigenvalue weighted by molar-refractivity contribution is 0.626. The third kappa shape index (κ3) is 1.13. The van der Waals surface area contributed by atoms with E-state index in [1.807, 2.05) is 12.1 Å². The van der Waals surface area contributed by atoms with E-state index < -0.39 is 0 Å². The first-order chi connectivity index (χ1) is 5.81. The van der Waals surface area contributed by atoms with Crippen LogP contribution < -0.4 is 4.29 Å². The Labute approximate surface area is 79.2 Å². The maximum atomic E-state index is 5.78. The number of aromatic nitrogens is 1. The molecule has 2 nitrogen and oxygen atoms in total. The van der Waals surface area contributed by atoms with Crippen molar-refractivity contribution in [3.05, 3.63) is 29.4 Å². The van der Waals surface area contributed by atoms with Crippen molar-refractivity contribution < 1.29 is 4.29 Å². The number of halogens is 2. The molecule has 1 aromatic carbocycles. The molecule has 0 radical (unpaired) electrons. The van der Waals surface area contributed by atoms with Gasteiger partial charge in [-0.3, -0.25) is 0 Å². The average Bonchev–Trinajstić information content (AvgIpc) is 2.46. The van der Waals surface area contributed by atoms with Crippen LogP contribution in [0.25, 0.3) is 10.9 Å². The van der Waals surface area contributed by atoms with Gasteiger partial charge in [0.1, 0.15) is 11.9 Å². The Morgan fingerprint density at radius 3 is 2.92 bits per heavy atom. The number of nitrogens with one attached hydrogen (secondary N) is 1. The van der Waals surface area contributed by atoms with Crippen molar-refractivity contribution in [3.63, 3.8) is 0 Å². The van der Waals surface area contributed by atoms with Crippen LogP contribution in [-0.2, 0) is 0 Å². The molecule has 1 heterocycles. The monoisotopic (exact) mass is 201 g/mol. The van der Waals surface area contributed by atoms with Gasteiger partial charge in [-0.2, -0.15) is 0 Å². The minimum atomic E-state index is 0.614. The van der Waals surface area contributed by atoms with Crippen LogP contribution in [0.1, 0.15) is 0 Å². The molecule has 12 heavy (non-hydrogen) atoms. The van der Waals surface area contributed by atoms with E-state index in [1.54, 1.807) is 12.3 Å². The zero-order chi connectivity index (χ0) is 8.55. The summed E-state index contributed by atoms with van der Waals surface area (Å²) in [5.74, 6) is 0.614. The molecule has 0 saturated carbocycles. The van der Waals surface area contributed by atoms with Crippen LogP contribution in [-0.4, -0.2) is 4.98 Å². The quantitative estimate of drug-likeness (QED) is 0.753. The van der Waals surface area contributed by atoms with Crippen LogP contribution >= 0.6 is 23.5 Å². The Bertz CT molecular complexity index is 410. The minimum absolute atomic E-state index is 0.614. The third-order valence-corrected chi connectivity index (χ3v) is 2.09. The van der Waals surface area contributed by atoms with Crippen molar-refractivity contribution in [1.82, 2.24) is 4.98 Å². The van der Waals surface area contributed by atoms with Crippen LogP contribution in [0.5, 0.6) is 5.75 Å². The van der Waals surface area contributed by atoms with Gasteiger partial charge in [0.05, 0.1) is 5.52 Å². The van der Waals surface area contributed by atoms with Crippen molar-refractivity contribution in [1.29, 1.82) is 0 Å². The smallest absolute Gasteiger partial charge is 0.171 e. The maximum Gasteiger partial charge on any atom is 0.171 e. The number of benzene rings is 1. The topological polar surface area (TPSA) is 25.0 Å². The predicted octanol–water partition coefficient (Wildman–Crippen LogP) is 3.35. The van der Waals surface area contributed by atoms with E-state index in [-0.39, 0.29) is 0 Å². The van der Waals surface area contributed by atoms with Gasteiger partial charge in [0, 0.05) is 16.6 Å². The lowest BCUT2D eigenvalue weighted by atomic mass is 10.2. The molecular weight excluding hydrogens is 197 g/mol. The number of hydrogen-bond acceptors (Lipinski definition) is 1. The summed E-state index contributed by atoms with van der Waals surface area (Å²) in [6.07, 6.45) is 1.69. The van der Waals surface area contributed by atoms with Gasteiger partial charge in [-0.25, -0.2) is 0 Å². The zero-order valence-corrected chi connectivity index (χ0v) is 7.49. The van der Waals surface area contributed by atoms with E-state index in [1.165, 1.54) is 0 Å². The van der Waals surface area contributed by atoms with Crippen LogP contribution in [0.2, 0.25) is 5.02 Å². The second kappa shape index (κ2) is 2.88. The van der Waals surface area contributed by atoms with Crippen LogP contribution in [0, 0.1) is 0 Å². The summed E-state index contributed by atoms with van der Waals surface area (Å²) < 4.78 is 4.61. The molecule has 0 atom stereocenters. The van der Waals surface area contributed by atoms with E-state index in [0.717, 1.165) is 10.9 Å². The van der Waals surface area contributed by atoms with Gasteiger partial charge in [0.25, 0.3) is 0 Å². The number of H-pyrrole nitrogens is 1. The standard InChI is InChI=1S/C8H5Cl2NO/c9-5-1-2-6-7(3-5)11-4-8(6)12-10/h1-4,11H. The van der Waals surface area contributed by atoms with Crippen LogP contribution in [0.15, 0.2) is 24.4 Å². The first-order valence-corrected chi connectivity index (χ1v) is 4.05. The summed E-state index contributed by atoms with van der Waals surface area (Å²) in [6.45, 7) is 0. The molecule has 0 unspecified atom stereocenters. The van der Waals surface area contributed by atoms with E-state index in [2.05, 4.69) is 9.27 Å². The molecule has 0 aliphatic heterocycles. The SMILES string of the molecule is ClOc1c[nH]c2cc(Cl)ccc12. The Hall–Kier alpha value is -0.860. The first-order valence-electron chi connectivity index (χ1n) is 3.36. The fraction of sp³-hybridized carbons (Fsp3) is 0. The minimum Gasteiger partial charge on any atom is -0.383 e. The van der Waals surface area contributed by atoms with Gasteiger partial charge in [-0.05, 0) is 18.2 Å². The van der Waals surface area contributed by atoms with E-state index in [0.29, 0.717) is 10.8 Å².